The van der Waals surface area contributed by atoms with Gasteiger partial charge in [-0.15, -0.1) is 0 Å². The van der Waals surface area contributed by atoms with E-state index < -0.39 is 11.9 Å². The average molecular weight is 295 g/mol. The molecule has 5 nitrogen and oxygen atoms in total. The molecule has 0 atom stereocenters. The van der Waals surface area contributed by atoms with Gasteiger partial charge in [0.05, 0.1) is 0 Å². The fraction of sp³-hybridized carbons (Fsp3) is 0.308. The SMILES string of the molecule is Nc1c(C=C2CCC2)c(C(F)(F)F)nn1-c1ncccn1. The van der Waals surface area contributed by atoms with E-state index in [9.17, 15) is 13.2 Å². The van der Waals surface area contributed by atoms with E-state index in [-0.39, 0.29) is 17.3 Å². The molecule has 21 heavy (non-hydrogen) atoms. The van der Waals surface area contributed by atoms with Crippen molar-refractivity contribution in [1.29, 1.82) is 0 Å². The number of aromatic nitrogens is 4. The minimum atomic E-state index is -4.58. The van der Waals surface area contributed by atoms with Crippen LogP contribution in [0.25, 0.3) is 12.0 Å². The largest absolute Gasteiger partial charge is 0.435 e. The van der Waals surface area contributed by atoms with Crippen molar-refractivity contribution < 1.29 is 13.2 Å². The third kappa shape index (κ3) is 2.48. The molecule has 2 heterocycles. The van der Waals surface area contributed by atoms with Crippen LogP contribution in [0, 0.1) is 0 Å². The maximum absolute atomic E-state index is 13.1. The van der Waals surface area contributed by atoms with Gasteiger partial charge in [0.1, 0.15) is 5.82 Å². The van der Waals surface area contributed by atoms with Crippen molar-refractivity contribution in [2.75, 3.05) is 5.73 Å². The van der Waals surface area contributed by atoms with Crippen molar-refractivity contribution in [3.63, 3.8) is 0 Å². The minimum Gasteiger partial charge on any atom is -0.383 e. The van der Waals surface area contributed by atoms with Crippen molar-refractivity contribution >= 4 is 11.9 Å². The Balaban J connectivity index is 2.15. The van der Waals surface area contributed by atoms with Gasteiger partial charge in [0, 0.05) is 18.0 Å². The molecule has 0 aliphatic heterocycles. The number of hydrogen-bond donors (Lipinski definition) is 1. The van der Waals surface area contributed by atoms with E-state index in [0.29, 0.717) is 0 Å². The molecule has 0 radical (unpaired) electrons. The van der Waals surface area contributed by atoms with Crippen LogP contribution in [-0.2, 0) is 6.18 Å². The fourth-order valence-electron chi connectivity index (χ4n) is 2.08. The van der Waals surface area contributed by atoms with Crippen molar-refractivity contribution in [1.82, 2.24) is 19.7 Å². The van der Waals surface area contributed by atoms with Gasteiger partial charge in [0.15, 0.2) is 5.69 Å². The zero-order valence-corrected chi connectivity index (χ0v) is 10.9. The molecule has 8 heteroatoms. The van der Waals surface area contributed by atoms with E-state index in [1.807, 2.05) is 0 Å². The summed E-state index contributed by atoms with van der Waals surface area (Å²) in [6, 6.07) is 1.56. The lowest BCUT2D eigenvalue weighted by Crippen LogP contribution is -2.10. The molecule has 1 aliphatic rings. The van der Waals surface area contributed by atoms with E-state index in [4.69, 9.17) is 5.73 Å². The normalized spacial score (nSPS) is 14.9. The number of nitrogen functional groups attached to an aromatic ring is 1. The minimum absolute atomic E-state index is 0.0127. The van der Waals surface area contributed by atoms with Crippen LogP contribution in [0.15, 0.2) is 24.0 Å². The van der Waals surface area contributed by atoms with Gasteiger partial charge in [-0.1, -0.05) is 5.57 Å². The van der Waals surface area contributed by atoms with Crippen LogP contribution in [-0.4, -0.2) is 19.7 Å². The molecule has 110 valence electrons. The van der Waals surface area contributed by atoms with E-state index >= 15 is 0 Å². The molecule has 0 unspecified atom stereocenters. The molecule has 1 fully saturated rings. The second-order valence-electron chi connectivity index (χ2n) is 4.76. The van der Waals surface area contributed by atoms with Gasteiger partial charge in [0.2, 0.25) is 0 Å². The maximum Gasteiger partial charge on any atom is 0.435 e. The van der Waals surface area contributed by atoms with Crippen molar-refractivity contribution in [3.8, 4) is 5.95 Å². The number of nitrogens with two attached hydrogens (primary N) is 1. The zero-order valence-electron chi connectivity index (χ0n) is 10.9. The second kappa shape index (κ2) is 4.87. The summed E-state index contributed by atoms with van der Waals surface area (Å²) in [6.45, 7) is 0. The van der Waals surface area contributed by atoms with Crippen LogP contribution < -0.4 is 5.73 Å². The lowest BCUT2D eigenvalue weighted by atomic mass is 9.90. The second-order valence-corrected chi connectivity index (χ2v) is 4.76. The third-order valence-corrected chi connectivity index (χ3v) is 3.31. The molecule has 2 aromatic heterocycles. The van der Waals surface area contributed by atoms with Crippen molar-refractivity contribution in [3.05, 3.63) is 35.3 Å². The van der Waals surface area contributed by atoms with Gasteiger partial charge >= 0.3 is 6.18 Å². The van der Waals surface area contributed by atoms with E-state index in [1.54, 1.807) is 6.07 Å². The number of hydrogen-bond acceptors (Lipinski definition) is 4. The van der Waals surface area contributed by atoms with Crippen LogP contribution in [0.3, 0.4) is 0 Å². The van der Waals surface area contributed by atoms with Crippen LogP contribution in [0.1, 0.15) is 30.5 Å². The smallest absolute Gasteiger partial charge is 0.383 e. The lowest BCUT2D eigenvalue weighted by molar-refractivity contribution is -0.141. The summed E-state index contributed by atoms with van der Waals surface area (Å²) in [4.78, 5) is 7.76. The number of nitrogens with zero attached hydrogens (tertiary/aromatic N) is 4. The number of halogens is 3. The number of allylic oxidation sites excluding steroid dienone is 1. The number of rotatable bonds is 2. The van der Waals surface area contributed by atoms with Gasteiger partial charge in [-0.2, -0.15) is 23.0 Å². The van der Waals surface area contributed by atoms with Crippen LogP contribution in [0.4, 0.5) is 19.0 Å². The molecule has 0 aromatic carbocycles. The summed E-state index contributed by atoms with van der Waals surface area (Å²) in [6.07, 6.45) is 2.32. The molecule has 0 amide bonds. The zero-order chi connectivity index (χ0) is 15.0. The van der Waals surface area contributed by atoms with Crippen molar-refractivity contribution in [2.24, 2.45) is 0 Å². The topological polar surface area (TPSA) is 69.6 Å². The highest BCUT2D eigenvalue weighted by Crippen LogP contribution is 2.37. The van der Waals surface area contributed by atoms with Gasteiger partial charge in [0.25, 0.3) is 5.95 Å². The molecule has 2 N–H and O–H groups in total. The Morgan fingerprint density at radius 3 is 2.38 bits per heavy atom. The summed E-state index contributed by atoms with van der Waals surface area (Å²) in [5.74, 6) is -0.0910. The van der Waals surface area contributed by atoms with Crippen molar-refractivity contribution in [2.45, 2.75) is 25.4 Å². The Hall–Kier alpha value is -2.38. The van der Waals surface area contributed by atoms with Crippen LogP contribution >= 0.6 is 0 Å². The first kappa shape index (κ1) is 13.6. The van der Waals surface area contributed by atoms with E-state index in [2.05, 4.69) is 15.1 Å². The highest BCUT2D eigenvalue weighted by molar-refractivity contribution is 5.68. The molecule has 0 bridgehead atoms. The summed E-state index contributed by atoms with van der Waals surface area (Å²) in [7, 11) is 0. The highest BCUT2D eigenvalue weighted by atomic mass is 19.4. The average Bonchev–Trinajstić information content (AvgIpc) is 2.72. The molecule has 1 aliphatic carbocycles. The predicted molar refractivity (Wildman–Crippen MR) is 70.4 cm³/mol. The summed E-state index contributed by atoms with van der Waals surface area (Å²) < 4.78 is 40.3. The number of anilines is 1. The molecule has 3 rings (SSSR count). The first-order valence-corrected chi connectivity index (χ1v) is 6.39. The Kier molecular flexibility index (Phi) is 3.15. The van der Waals surface area contributed by atoms with Crippen LogP contribution in [0.5, 0.6) is 0 Å². The van der Waals surface area contributed by atoms with Gasteiger partial charge in [-0.25, -0.2) is 9.97 Å². The lowest BCUT2D eigenvalue weighted by Gasteiger charge is -2.16. The Labute approximate surface area is 118 Å². The molecular weight excluding hydrogens is 283 g/mol. The number of alkyl halides is 3. The van der Waals surface area contributed by atoms with E-state index in [1.165, 1.54) is 18.5 Å². The predicted octanol–water partition coefficient (Wildman–Crippen LogP) is 2.83. The third-order valence-electron chi connectivity index (χ3n) is 3.31. The summed E-state index contributed by atoms with van der Waals surface area (Å²) >= 11 is 0. The maximum atomic E-state index is 13.1. The molecular formula is C13H12F3N5. The summed E-state index contributed by atoms with van der Waals surface area (Å²) in [5.41, 5.74) is 5.67. The highest BCUT2D eigenvalue weighted by Gasteiger charge is 2.39. The summed E-state index contributed by atoms with van der Waals surface area (Å²) in [5, 5.41) is 3.56. The van der Waals surface area contributed by atoms with Gasteiger partial charge < -0.3 is 5.73 Å². The molecule has 0 spiro atoms. The Morgan fingerprint density at radius 1 is 1.19 bits per heavy atom. The Bertz CT molecular complexity index is 682. The molecule has 0 saturated heterocycles. The van der Waals surface area contributed by atoms with Gasteiger partial charge in [-0.05, 0) is 31.4 Å². The monoisotopic (exact) mass is 295 g/mol. The van der Waals surface area contributed by atoms with Gasteiger partial charge in [-0.3, -0.25) is 0 Å². The Morgan fingerprint density at radius 2 is 1.86 bits per heavy atom. The van der Waals surface area contributed by atoms with E-state index in [0.717, 1.165) is 29.5 Å². The first-order chi connectivity index (χ1) is 9.97. The molecule has 1 saturated carbocycles. The quantitative estimate of drug-likeness (QED) is 0.925. The van der Waals surface area contributed by atoms with Crippen LogP contribution in [0.2, 0.25) is 0 Å². The molecule has 2 aromatic rings. The fourth-order valence-corrected chi connectivity index (χ4v) is 2.08. The standard InChI is InChI=1S/C13H12F3N5/c14-13(15,16)10-9(7-8-3-1-4-8)11(17)21(20-10)12-18-5-2-6-19-12/h2,5-7H,1,3-4,17H2. The first-order valence-electron chi connectivity index (χ1n) is 6.39.